The van der Waals surface area contributed by atoms with Gasteiger partial charge in [-0.1, -0.05) is 24.3 Å². The summed E-state index contributed by atoms with van der Waals surface area (Å²) in [5.41, 5.74) is 4.30. The maximum Gasteiger partial charge on any atom is 0.266 e. The molecule has 7 nitrogen and oxygen atoms in total. The van der Waals surface area contributed by atoms with E-state index in [1.807, 2.05) is 16.6 Å². The molecule has 37 heavy (non-hydrogen) atoms. The van der Waals surface area contributed by atoms with E-state index < -0.39 is 6.43 Å². The molecule has 1 saturated carbocycles. The SMILES string of the molecule is COc1nccc(C(F)F)c1N1CCC(NC(C)c2cn(C)nc2NCc2ccccc2C2CC2)CC1. The number of halogens is 2. The highest BCUT2D eigenvalue weighted by Crippen LogP contribution is 2.42. The first-order valence-electron chi connectivity index (χ1n) is 13.1. The Morgan fingerprint density at radius 3 is 2.54 bits per heavy atom. The predicted molar refractivity (Wildman–Crippen MR) is 141 cm³/mol. The van der Waals surface area contributed by atoms with Crippen LogP contribution in [0.3, 0.4) is 0 Å². The standard InChI is InChI=1S/C28H36F2N6O/c1-18(24-17-35(2)34-27(24)32-16-20-6-4-5-7-22(20)19-8-9-19)33-21-11-14-36(15-12-21)25-23(26(29)30)10-13-31-28(25)37-3/h4-7,10,13,17-19,21,26,33H,8-9,11-12,14-16H2,1-3H3,(H,32,34). The molecule has 198 valence electrons. The van der Waals surface area contributed by atoms with Crippen molar-refractivity contribution in [3.8, 4) is 5.88 Å². The molecule has 0 spiro atoms. The maximum absolute atomic E-state index is 13.7. The highest BCUT2D eigenvalue weighted by atomic mass is 19.3. The summed E-state index contributed by atoms with van der Waals surface area (Å²) in [5, 5.41) is 12.0. The summed E-state index contributed by atoms with van der Waals surface area (Å²) in [7, 11) is 3.42. The Labute approximate surface area is 217 Å². The molecule has 1 aliphatic heterocycles. The van der Waals surface area contributed by atoms with E-state index in [-0.39, 0.29) is 23.5 Å². The van der Waals surface area contributed by atoms with Crippen LogP contribution in [0, 0.1) is 0 Å². The number of nitrogens with zero attached hydrogens (tertiary/aromatic N) is 4. The Morgan fingerprint density at radius 2 is 1.84 bits per heavy atom. The van der Waals surface area contributed by atoms with Crippen LogP contribution in [0.1, 0.15) is 73.2 Å². The van der Waals surface area contributed by atoms with E-state index in [9.17, 15) is 8.78 Å². The first-order chi connectivity index (χ1) is 17.9. The number of hydrogen-bond donors (Lipinski definition) is 2. The minimum Gasteiger partial charge on any atom is -0.480 e. The van der Waals surface area contributed by atoms with Crippen LogP contribution in [-0.4, -0.2) is 41.0 Å². The van der Waals surface area contributed by atoms with Gasteiger partial charge in [0.2, 0.25) is 5.88 Å². The molecule has 1 aliphatic carbocycles. The molecular weight excluding hydrogens is 474 g/mol. The summed E-state index contributed by atoms with van der Waals surface area (Å²) >= 11 is 0. The zero-order valence-electron chi connectivity index (χ0n) is 21.8. The lowest BCUT2D eigenvalue weighted by molar-refractivity contribution is 0.151. The zero-order chi connectivity index (χ0) is 25.9. The lowest BCUT2D eigenvalue weighted by atomic mass is 10.0. The molecule has 0 bridgehead atoms. The predicted octanol–water partition coefficient (Wildman–Crippen LogP) is 5.57. The number of piperidine rings is 1. The first kappa shape index (κ1) is 25.4. The molecule has 1 atom stereocenters. The second-order valence-electron chi connectivity index (χ2n) is 10.1. The molecule has 9 heteroatoms. The van der Waals surface area contributed by atoms with E-state index in [4.69, 9.17) is 9.84 Å². The molecule has 1 aromatic carbocycles. The van der Waals surface area contributed by atoms with E-state index >= 15 is 0 Å². The summed E-state index contributed by atoms with van der Waals surface area (Å²) in [6, 6.07) is 10.4. The van der Waals surface area contributed by atoms with Gasteiger partial charge in [-0.05, 0) is 55.7 Å². The van der Waals surface area contributed by atoms with E-state index in [0.717, 1.165) is 30.8 Å². The summed E-state index contributed by atoms with van der Waals surface area (Å²) in [6.45, 7) is 4.22. The van der Waals surface area contributed by atoms with E-state index in [1.165, 1.54) is 43.3 Å². The van der Waals surface area contributed by atoms with Crippen LogP contribution in [0.2, 0.25) is 0 Å². The highest BCUT2D eigenvalue weighted by molar-refractivity contribution is 5.61. The Kier molecular flexibility index (Phi) is 7.60. The molecule has 2 N–H and O–H groups in total. The van der Waals surface area contributed by atoms with Gasteiger partial charge in [-0.25, -0.2) is 13.8 Å². The average molecular weight is 511 g/mol. The van der Waals surface area contributed by atoms with Crippen molar-refractivity contribution < 1.29 is 13.5 Å². The third kappa shape index (κ3) is 5.71. The molecule has 2 fully saturated rings. The fourth-order valence-electron chi connectivity index (χ4n) is 5.43. The largest absolute Gasteiger partial charge is 0.480 e. The maximum atomic E-state index is 13.7. The lowest BCUT2D eigenvalue weighted by Gasteiger charge is -2.36. The van der Waals surface area contributed by atoms with Crippen molar-refractivity contribution in [2.45, 2.75) is 63.6 Å². The minimum atomic E-state index is -2.57. The van der Waals surface area contributed by atoms with Gasteiger partial charge in [0.15, 0.2) is 5.82 Å². The number of nitrogens with one attached hydrogen (secondary N) is 2. The van der Waals surface area contributed by atoms with Gasteiger partial charge >= 0.3 is 0 Å². The lowest BCUT2D eigenvalue weighted by Crippen LogP contribution is -2.43. The van der Waals surface area contributed by atoms with Gasteiger partial charge in [-0.2, -0.15) is 5.10 Å². The monoisotopic (exact) mass is 510 g/mol. The molecule has 2 aliphatic rings. The Morgan fingerprint density at radius 1 is 1.08 bits per heavy atom. The van der Waals surface area contributed by atoms with Crippen molar-refractivity contribution in [1.82, 2.24) is 20.1 Å². The van der Waals surface area contributed by atoms with Crippen LogP contribution in [0.25, 0.3) is 0 Å². The van der Waals surface area contributed by atoms with Crippen LogP contribution in [0.15, 0.2) is 42.7 Å². The second kappa shape index (κ2) is 11.0. The van der Waals surface area contributed by atoms with Gasteiger partial charge in [-0.3, -0.25) is 4.68 Å². The van der Waals surface area contributed by atoms with Crippen LogP contribution in [0.5, 0.6) is 5.88 Å². The Bertz CT molecular complexity index is 1200. The van der Waals surface area contributed by atoms with E-state index in [1.54, 1.807) is 0 Å². The van der Waals surface area contributed by atoms with Gasteiger partial charge in [0, 0.05) is 62.3 Å². The van der Waals surface area contributed by atoms with Gasteiger partial charge < -0.3 is 20.3 Å². The van der Waals surface area contributed by atoms with Crippen LogP contribution in [0.4, 0.5) is 20.3 Å². The van der Waals surface area contributed by atoms with Gasteiger partial charge in [0.05, 0.1) is 7.11 Å². The molecule has 3 aromatic rings. The summed E-state index contributed by atoms with van der Waals surface area (Å²) in [5.74, 6) is 1.86. The van der Waals surface area contributed by atoms with Crippen LogP contribution >= 0.6 is 0 Å². The van der Waals surface area contributed by atoms with Gasteiger partial charge in [0.1, 0.15) is 5.69 Å². The summed E-state index contributed by atoms with van der Waals surface area (Å²) in [6.07, 6.45) is 5.11. The molecule has 3 heterocycles. The number of alkyl halides is 2. The highest BCUT2D eigenvalue weighted by Gasteiger charge is 2.29. The van der Waals surface area contributed by atoms with Crippen molar-refractivity contribution in [2.24, 2.45) is 7.05 Å². The summed E-state index contributed by atoms with van der Waals surface area (Å²) in [4.78, 5) is 6.14. The first-order valence-corrected chi connectivity index (χ1v) is 13.1. The Hall–Kier alpha value is -3.20. The molecule has 1 unspecified atom stereocenters. The Balaban J connectivity index is 1.21. The van der Waals surface area contributed by atoms with Crippen molar-refractivity contribution >= 4 is 11.5 Å². The van der Waals surface area contributed by atoms with Crippen LogP contribution < -0.4 is 20.3 Å². The minimum absolute atomic E-state index is 0.0269. The normalized spacial score (nSPS) is 17.3. The number of anilines is 2. The number of hydrogen-bond acceptors (Lipinski definition) is 6. The average Bonchev–Trinajstić information content (AvgIpc) is 3.69. The van der Waals surface area contributed by atoms with Crippen molar-refractivity contribution in [2.75, 3.05) is 30.4 Å². The molecule has 1 saturated heterocycles. The van der Waals surface area contributed by atoms with E-state index in [0.29, 0.717) is 24.7 Å². The van der Waals surface area contributed by atoms with Crippen molar-refractivity contribution in [3.05, 3.63) is 65.0 Å². The fourth-order valence-corrected chi connectivity index (χ4v) is 5.43. The number of aryl methyl sites for hydroxylation is 1. The summed E-state index contributed by atoms with van der Waals surface area (Å²) < 4.78 is 34.5. The number of pyridine rings is 1. The molecule has 2 aromatic heterocycles. The third-order valence-electron chi connectivity index (χ3n) is 7.49. The number of methoxy groups -OCH3 is 1. The van der Waals surface area contributed by atoms with E-state index in [2.05, 4.69) is 53.0 Å². The van der Waals surface area contributed by atoms with Crippen LogP contribution in [-0.2, 0) is 13.6 Å². The smallest absolute Gasteiger partial charge is 0.266 e. The van der Waals surface area contributed by atoms with Gasteiger partial charge in [0.25, 0.3) is 6.43 Å². The zero-order valence-corrected chi connectivity index (χ0v) is 21.8. The molecule has 0 amide bonds. The molecular formula is C28H36F2N6O. The van der Waals surface area contributed by atoms with Crippen molar-refractivity contribution in [3.63, 3.8) is 0 Å². The number of benzene rings is 1. The fraction of sp³-hybridized carbons (Fsp3) is 0.500. The quantitative estimate of drug-likeness (QED) is 0.372. The number of ether oxygens (including phenoxy) is 1. The number of aromatic nitrogens is 3. The topological polar surface area (TPSA) is 67.2 Å². The van der Waals surface area contributed by atoms with Gasteiger partial charge in [-0.15, -0.1) is 0 Å². The van der Waals surface area contributed by atoms with Crippen molar-refractivity contribution in [1.29, 1.82) is 0 Å². The third-order valence-corrected chi connectivity index (χ3v) is 7.49. The second-order valence-corrected chi connectivity index (χ2v) is 10.1. The number of rotatable bonds is 10. The molecule has 5 rings (SSSR count). The molecule has 0 radical (unpaired) electrons.